The lowest BCUT2D eigenvalue weighted by Crippen LogP contribution is -2.61. The van der Waals surface area contributed by atoms with Crippen LogP contribution in [-0.2, 0) is 23.8 Å². The number of carbonyl (C=O) groups excluding carboxylic acids is 2. The average molecular weight is 1010 g/mol. The minimum atomic E-state index is -1.61. The fraction of sp³-hybridized carbons (Fsp3) is 0.900. The van der Waals surface area contributed by atoms with Gasteiger partial charge in [0.15, 0.2) is 12.4 Å². The summed E-state index contributed by atoms with van der Waals surface area (Å²) in [5.74, 6) is -1.20. The first-order valence-corrected chi connectivity index (χ1v) is 30.1. The van der Waals surface area contributed by atoms with E-state index in [1.807, 2.05) is 6.08 Å². The molecule has 0 spiro atoms. The molecule has 0 bridgehead atoms. The maximum Gasteiger partial charge on any atom is 0.306 e. The van der Waals surface area contributed by atoms with E-state index in [2.05, 4.69) is 38.2 Å². The van der Waals surface area contributed by atoms with Crippen LogP contribution in [0.4, 0.5) is 0 Å². The van der Waals surface area contributed by atoms with Crippen molar-refractivity contribution in [3.05, 3.63) is 24.3 Å². The summed E-state index contributed by atoms with van der Waals surface area (Å²) < 4.78 is 17.6. The topological polar surface area (TPSA) is 175 Å². The number of rotatable bonds is 51. The lowest BCUT2D eigenvalue weighted by molar-refractivity contribution is -0.305. The molecule has 0 radical (unpaired) electrons. The van der Waals surface area contributed by atoms with Crippen LogP contribution in [0.3, 0.4) is 0 Å². The predicted molar refractivity (Wildman–Crippen MR) is 292 cm³/mol. The molecule has 1 saturated heterocycles. The van der Waals surface area contributed by atoms with Crippen molar-refractivity contribution in [3.8, 4) is 0 Å². The molecule has 71 heavy (non-hydrogen) atoms. The van der Waals surface area contributed by atoms with Crippen molar-refractivity contribution in [2.24, 2.45) is 0 Å². The highest BCUT2D eigenvalue weighted by atomic mass is 16.7. The summed E-state index contributed by atoms with van der Waals surface area (Å²) in [5, 5.41) is 56.8. The van der Waals surface area contributed by atoms with Gasteiger partial charge in [-0.3, -0.25) is 9.59 Å². The molecule has 1 aliphatic rings. The zero-order chi connectivity index (χ0) is 51.8. The molecule has 0 aromatic heterocycles. The summed E-state index contributed by atoms with van der Waals surface area (Å²) >= 11 is 0. The number of carbonyl (C=O) groups is 2. The van der Waals surface area contributed by atoms with Crippen molar-refractivity contribution < 1.29 is 49.3 Å². The van der Waals surface area contributed by atoms with Gasteiger partial charge in [0.1, 0.15) is 24.4 Å². The van der Waals surface area contributed by atoms with Gasteiger partial charge in [0.2, 0.25) is 5.91 Å². The van der Waals surface area contributed by atoms with Crippen LogP contribution in [0.15, 0.2) is 24.3 Å². The first-order chi connectivity index (χ1) is 34.7. The van der Waals surface area contributed by atoms with Crippen molar-refractivity contribution in [3.63, 3.8) is 0 Å². The number of esters is 1. The Hall–Kier alpha value is -1.86. The van der Waals surface area contributed by atoms with E-state index in [0.29, 0.717) is 19.3 Å². The first kappa shape index (κ1) is 67.2. The molecule has 6 N–H and O–H groups in total. The number of ether oxygens (including phenoxy) is 3. The number of allylic oxidation sites excluding steroid dienone is 3. The molecule has 1 heterocycles. The molecule has 8 atom stereocenters. The maximum atomic E-state index is 13.4. The molecule has 1 amide bonds. The maximum absolute atomic E-state index is 13.4. The Labute approximate surface area is 435 Å². The molecule has 1 rings (SSSR count). The normalized spacial score (nSPS) is 19.7. The molecule has 8 unspecified atom stereocenters. The van der Waals surface area contributed by atoms with Gasteiger partial charge in [-0.05, 0) is 51.4 Å². The number of hydrogen-bond donors (Lipinski definition) is 6. The summed E-state index contributed by atoms with van der Waals surface area (Å²) in [6.45, 7) is 5.78. The second-order valence-electron chi connectivity index (χ2n) is 21.1. The molecular formula is C60H113NO10. The quantitative estimate of drug-likeness (QED) is 0.0195. The molecule has 11 nitrogen and oxygen atoms in total. The van der Waals surface area contributed by atoms with Gasteiger partial charge in [0.05, 0.1) is 25.4 Å². The lowest BCUT2D eigenvalue weighted by Gasteiger charge is -2.41. The van der Waals surface area contributed by atoms with Gasteiger partial charge in [-0.25, -0.2) is 0 Å². The molecule has 0 saturated carbocycles. The van der Waals surface area contributed by atoms with Gasteiger partial charge >= 0.3 is 5.97 Å². The van der Waals surface area contributed by atoms with E-state index < -0.39 is 67.4 Å². The van der Waals surface area contributed by atoms with Crippen molar-refractivity contribution in [2.75, 3.05) is 13.2 Å². The molecule has 1 aliphatic heterocycles. The van der Waals surface area contributed by atoms with Crippen LogP contribution < -0.4 is 5.32 Å². The number of aliphatic hydroxyl groups excluding tert-OH is 5. The Kier molecular flexibility index (Phi) is 46.4. The van der Waals surface area contributed by atoms with Gasteiger partial charge < -0.3 is 45.1 Å². The minimum absolute atomic E-state index is 0.107. The Morgan fingerprint density at radius 1 is 0.535 bits per heavy atom. The van der Waals surface area contributed by atoms with Gasteiger partial charge in [-0.2, -0.15) is 0 Å². The number of nitrogens with one attached hydrogen (secondary N) is 1. The van der Waals surface area contributed by atoms with E-state index in [1.165, 1.54) is 173 Å². The van der Waals surface area contributed by atoms with E-state index in [0.717, 1.165) is 64.2 Å². The molecular weight excluding hydrogens is 895 g/mol. The second-order valence-corrected chi connectivity index (χ2v) is 21.1. The molecule has 418 valence electrons. The van der Waals surface area contributed by atoms with Gasteiger partial charge in [-0.15, -0.1) is 0 Å². The Bertz CT molecular complexity index is 1250. The monoisotopic (exact) mass is 1010 g/mol. The highest BCUT2D eigenvalue weighted by molar-refractivity contribution is 5.80. The summed E-state index contributed by atoms with van der Waals surface area (Å²) in [6, 6.07) is -1.02. The van der Waals surface area contributed by atoms with E-state index in [9.17, 15) is 35.1 Å². The highest BCUT2D eigenvalue weighted by Gasteiger charge is 2.47. The molecule has 0 aromatic rings. The molecule has 11 heteroatoms. The summed E-state index contributed by atoms with van der Waals surface area (Å²) in [6.07, 6.45) is 45.1. The van der Waals surface area contributed by atoms with Gasteiger partial charge in [0.25, 0.3) is 0 Å². The van der Waals surface area contributed by atoms with Crippen LogP contribution in [0, 0.1) is 0 Å². The highest BCUT2D eigenvalue weighted by Crippen LogP contribution is 2.26. The second kappa shape index (κ2) is 49.0. The van der Waals surface area contributed by atoms with Crippen LogP contribution in [0.2, 0.25) is 0 Å². The third-order valence-electron chi connectivity index (χ3n) is 14.4. The largest absolute Gasteiger partial charge is 0.454 e. The number of hydrogen-bond acceptors (Lipinski definition) is 10. The van der Waals surface area contributed by atoms with Crippen molar-refractivity contribution >= 4 is 11.9 Å². The number of unbranched alkanes of at least 4 members (excludes halogenated alkanes) is 35. The Balaban J connectivity index is 2.68. The number of aliphatic hydroxyl groups is 5. The van der Waals surface area contributed by atoms with Crippen LogP contribution in [0.1, 0.15) is 284 Å². The minimum Gasteiger partial charge on any atom is -0.454 e. The zero-order valence-electron chi connectivity index (χ0n) is 46.1. The molecule has 0 aromatic carbocycles. The van der Waals surface area contributed by atoms with Gasteiger partial charge in [-0.1, -0.05) is 251 Å². The Morgan fingerprint density at radius 3 is 1.37 bits per heavy atom. The SMILES string of the molecule is CCCCCCCC/C=C\CCCCCC(=O)OC1C(OCC(NC(=O)C(O)CCCCCCCCCCCCCCCCCCCC)C(O)/C=C/CCCCCCCCCCC)OC(CO)C(O)C1O. The van der Waals surface area contributed by atoms with E-state index in [-0.39, 0.29) is 13.0 Å². The summed E-state index contributed by atoms with van der Waals surface area (Å²) in [5.41, 5.74) is 0. The van der Waals surface area contributed by atoms with Crippen molar-refractivity contribution in [1.82, 2.24) is 5.32 Å². The predicted octanol–water partition coefficient (Wildman–Crippen LogP) is 13.7. The van der Waals surface area contributed by atoms with Crippen LogP contribution in [0.5, 0.6) is 0 Å². The lowest BCUT2D eigenvalue weighted by atomic mass is 9.99. The van der Waals surface area contributed by atoms with Crippen LogP contribution >= 0.6 is 0 Å². The summed E-state index contributed by atoms with van der Waals surface area (Å²) in [4.78, 5) is 26.4. The summed E-state index contributed by atoms with van der Waals surface area (Å²) in [7, 11) is 0. The van der Waals surface area contributed by atoms with E-state index in [4.69, 9.17) is 14.2 Å². The Morgan fingerprint density at radius 2 is 0.930 bits per heavy atom. The zero-order valence-corrected chi connectivity index (χ0v) is 46.1. The van der Waals surface area contributed by atoms with E-state index in [1.54, 1.807) is 6.08 Å². The van der Waals surface area contributed by atoms with Gasteiger partial charge in [0, 0.05) is 6.42 Å². The fourth-order valence-electron chi connectivity index (χ4n) is 9.53. The molecule has 1 fully saturated rings. The fourth-order valence-corrected chi connectivity index (χ4v) is 9.53. The van der Waals surface area contributed by atoms with Crippen LogP contribution in [0.25, 0.3) is 0 Å². The van der Waals surface area contributed by atoms with Crippen molar-refractivity contribution in [2.45, 2.75) is 333 Å². The van der Waals surface area contributed by atoms with E-state index >= 15 is 0 Å². The van der Waals surface area contributed by atoms with Crippen molar-refractivity contribution in [1.29, 1.82) is 0 Å². The smallest absolute Gasteiger partial charge is 0.306 e. The van der Waals surface area contributed by atoms with Crippen LogP contribution in [-0.4, -0.2) is 99.6 Å². The number of amides is 1. The first-order valence-electron chi connectivity index (χ1n) is 30.1. The standard InChI is InChI=1S/C60H113NO10/c1-4-7-10-13-16-19-22-24-25-26-27-28-30-32-35-38-41-44-47-53(64)59(68)61-51(52(63)46-43-40-37-34-31-21-18-15-12-9-6-3)50-69-60-58(57(67)56(66)54(49-62)70-60)71-55(65)48-45-42-39-36-33-29-23-20-17-14-11-8-5-2/h29,33,43,46,51-54,56-58,60,62-64,66-67H,4-28,30-32,34-42,44-45,47-50H2,1-3H3,(H,61,68)/b33-29-,46-43+. The average Bonchev–Trinajstić information content (AvgIpc) is 3.37. The third-order valence-corrected chi connectivity index (χ3v) is 14.4. The molecule has 0 aliphatic carbocycles. The third kappa shape index (κ3) is 37.5.